The lowest BCUT2D eigenvalue weighted by Crippen LogP contribution is -2.41. The number of carboxylic acids is 1. The summed E-state index contributed by atoms with van der Waals surface area (Å²) < 4.78 is 1.75. The predicted molar refractivity (Wildman–Crippen MR) is 75.6 cm³/mol. The molecular formula is C13H11N3O6. The molecule has 0 atom stereocenters. The number of carboxylic acid groups (broad SMARTS) is 1. The van der Waals surface area contributed by atoms with Gasteiger partial charge in [-0.3, -0.25) is 24.0 Å². The molecule has 2 aromatic rings. The number of aromatic carboxylic acids is 1. The largest absolute Gasteiger partial charge is 0.477 e. The highest BCUT2D eigenvalue weighted by Crippen LogP contribution is 2.14. The van der Waals surface area contributed by atoms with E-state index < -0.39 is 27.7 Å². The van der Waals surface area contributed by atoms with Crippen molar-refractivity contribution in [2.45, 2.75) is 13.5 Å². The van der Waals surface area contributed by atoms with Gasteiger partial charge in [0.05, 0.1) is 10.6 Å². The first-order valence-electron chi connectivity index (χ1n) is 6.21. The van der Waals surface area contributed by atoms with Gasteiger partial charge in [0, 0.05) is 24.9 Å². The van der Waals surface area contributed by atoms with E-state index in [0.717, 1.165) is 15.3 Å². The maximum atomic E-state index is 12.2. The number of carbonyl (C=O) groups is 1. The second kappa shape index (κ2) is 5.64. The molecule has 0 fully saturated rings. The summed E-state index contributed by atoms with van der Waals surface area (Å²) in [5, 5.41) is 19.7. The van der Waals surface area contributed by atoms with Crippen molar-refractivity contribution < 1.29 is 14.8 Å². The monoisotopic (exact) mass is 305 g/mol. The Kier molecular flexibility index (Phi) is 3.89. The van der Waals surface area contributed by atoms with Crippen LogP contribution >= 0.6 is 0 Å². The standard InChI is InChI=1S/C13H11N3O6/c1-2-14-11(17)10(12(18)19)7-15(13(14)20)8-3-5-9(6-4-8)16(21)22/h3-7H,2H2,1H3,(H,18,19). The molecule has 9 heteroatoms. The van der Waals surface area contributed by atoms with Gasteiger partial charge in [-0.25, -0.2) is 9.59 Å². The van der Waals surface area contributed by atoms with Crippen LogP contribution in [0.1, 0.15) is 17.3 Å². The molecule has 114 valence electrons. The fourth-order valence-corrected chi connectivity index (χ4v) is 1.95. The van der Waals surface area contributed by atoms with Gasteiger partial charge in [0.15, 0.2) is 0 Å². The lowest BCUT2D eigenvalue weighted by atomic mass is 10.2. The molecule has 2 rings (SSSR count). The third kappa shape index (κ3) is 2.51. The Morgan fingerprint density at radius 2 is 1.86 bits per heavy atom. The van der Waals surface area contributed by atoms with Gasteiger partial charge in [-0.1, -0.05) is 0 Å². The van der Waals surface area contributed by atoms with Gasteiger partial charge in [-0.05, 0) is 19.1 Å². The highest BCUT2D eigenvalue weighted by atomic mass is 16.6. The zero-order valence-corrected chi connectivity index (χ0v) is 11.4. The number of nitro groups is 1. The van der Waals surface area contributed by atoms with Crippen LogP contribution in [-0.4, -0.2) is 25.1 Å². The molecule has 0 saturated heterocycles. The number of hydrogen-bond donors (Lipinski definition) is 1. The molecule has 0 radical (unpaired) electrons. The zero-order valence-electron chi connectivity index (χ0n) is 11.4. The number of hydrogen-bond acceptors (Lipinski definition) is 5. The van der Waals surface area contributed by atoms with Gasteiger partial charge < -0.3 is 5.11 Å². The maximum absolute atomic E-state index is 12.2. The highest BCUT2D eigenvalue weighted by Gasteiger charge is 2.17. The molecule has 1 heterocycles. The minimum Gasteiger partial charge on any atom is -0.477 e. The van der Waals surface area contributed by atoms with Crippen molar-refractivity contribution >= 4 is 11.7 Å². The van der Waals surface area contributed by atoms with Crippen LogP contribution in [0.4, 0.5) is 5.69 Å². The number of rotatable bonds is 4. The molecule has 9 nitrogen and oxygen atoms in total. The Bertz CT molecular complexity index is 863. The summed E-state index contributed by atoms with van der Waals surface area (Å²) in [5.74, 6) is -1.46. The normalized spacial score (nSPS) is 10.4. The van der Waals surface area contributed by atoms with Crippen molar-refractivity contribution in [1.29, 1.82) is 0 Å². The predicted octanol–water partition coefficient (Wildman–Crippen LogP) is 0.625. The van der Waals surface area contributed by atoms with E-state index in [4.69, 9.17) is 5.11 Å². The van der Waals surface area contributed by atoms with Crippen molar-refractivity contribution in [3.8, 4) is 5.69 Å². The molecule has 0 unspecified atom stereocenters. The van der Waals surface area contributed by atoms with E-state index in [9.17, 15) is 24.5 Å². The van der Waals surface area contributed by atoms with E-state index in [-0.39, 0.29) is 17.9 Å². The molecule has 1 aromatic heterocycles. The zero-order chi connectivity index (χ0) is 16.4. The van der Waals surface area contributed by atoms with Gasteiger partial charge in [0.2, 0.25) is 0 Å². The second-order valence-electron chi connectivity index (χ2n) is 4.32. The maximum Gasteiger partial charge on any atom is 0.342 e. The summed E-state index contributed by atoms with van der Waals surface area (Å²) in [6, 6.07) is 4.97. The summed E-state index contributed by atoms with van der Waals surface area (Å²) >= 11 is 0. The fraction of sp³-hybridized carbons (Fsp3) is 0.154. The van der Waals surface area contributed by atoms with Crippen molar-refractivity contribution in [3.05, 3.63) is 67.0 Å². The van der Waals surface area contributed by atoms with Crippen molar-refractivity contribution in [1.82, 2.24) is 9.13 Å². The molecule has 1 aromatic carbocycles. The first-order valence-corrected chi connectivity index (χ1v) is 6.21. The molecule has 0 aliphatic carbocycles. The first kappa shape index (κ1) is 15.2. The van der Waals surface area contributed by atoms with Crippen molar-refractivity contribution in [2.75, 3.05) is 0 Å². The van der Waals surface area contributed by atoms with Crippen LogP contribution in [0, 0.1) is 10.1 Å². The van der Waals surface area contributed by atoms with Crippen LogP contribution in [0.5, 0.6) is 0 Å². The van der Waals surface area contributed by atoms with E-state index in [1.165, 1.54) is 31.2 Å². The van der Waals surface area contributed by atoms with Gasteiger partial charge >= 0.3 is 11.7 Å². The number of benzene rings is 1. The quantitative estimate of drug-likeness (QED) is 0.652. The summed E-state index contributed by atoms with van der Waals surface area (Å²) in [4.78, 5) is 45.2. The lowest BCUT2D eigenvalue weighted by molar-refractivity contribution is -0.384. The molecule has 22 heavy (non-hydrogen) atoms. The highest BCUT2D eigenvalue weighted by molar-refractivity contribution is 5.86. The minimum atomic E-state index is -1.46. The molecule has 1 N–H and O–H groups in total. The molecule has 0 amide bonds. The second-order valence-corrected chi connectivity index (χ2v) is 4.32. The van der Waals surface area contributed by atoms with Crippen LogP contribution in [0.15, 0.2) is 40.1 Å². The molecule has 0 saturated carbocycles. The number of non-ortho nitro benzene ring substituents is 1. The Hall–Kier alpha value is -3.23. The molecule has 0 spiro atoms. The van der Waals surface area contributed by atoms with Gasteiger partial charge in [0.25, 0.3) is 11.2 Å². The average Bonchev–Trinajstić information content (AvgIpc) is 2.47. The lowest BCUT2D eigenvalue weighted by Gasteiger charge is -2.10. The summed E-state index contributed by atoms with van der Waals surface area (Å²) in [6.45, 7) is 1.54. The van der Waals surface area contributed by atoms with Crippen molar-refractivity contribution in [2.24, 2.45) is 0 Å². The summed E-state index contributed by atoms with van der Waals surface area (Å²) in [6.07, 6.45) is 0.917. The average molecular weight is 305 g/mol. The SMILES string of the molecule is CCn1c(=O)c(C(=O)O)cn(-c2ccc([N+](=O)[O-])cc2)c1=O. The first-order chi connectivity index (χ1) is 10.4. The number of nitro benzene ring substituents is 1. The van der Waals surface area contributed by atoms with Crippen LogP contribution in [-0.2, 0) is 6.54 Å². The third-order valence-corrected chi connectivity index (χ3v) is 3.06. The van der Waals surface area contributed by atoms with Crippen LogP contribution in [0.25, 0.3) is 5.69 Å². The molecule has 0 aliphatic rings. The smallest absolute Gasteiger partial charge is 0.342 e. The summed E-state index contributed by atoms with van der Waals surface area (Å²) in [7, 11) is 0. The summed E-state index contributed by atoms with van der Waals surface area (Å²) in [5.41, 5.74) is -2.11. The topological polar surface area (TPSA) is 124 Å². The Morgan fingerprint density at radius 1 is 1.27 bits per heavy atom. The Balaban J connectivity index is 2.72. The van der Waals surface area contributed by atoms with E-state index in [1.54, 1.807) is 0 Å². The Labute approximate surface area is 122 Å². The van der Waals surface area contributed by atoms with E-state index in [1.807, 2.05) is 0 Å². The third-order valence-electron chi connectivity index (χ3n) is 3.06. The van der Waals surface area contributed by atoms with Gasteiger partial charge in [-0.15, -0.1) is 0 Å². The number of aromatic nitrogens is 2. The van der Waals surface area contributed by atoms with E-state index in [2.05, 4.69) is 0 Å². The van der Waals surface area contributed by atoms with Crippen LogP contribution in [0.3, 0.4) is 0 Å². The molecule has 0 aliphatic heterocycles. The number of nitrogens with zero attached hydrogens (tertiary/aromatic N) is 3. The van der Waals surface area contributed by atoms with Gasteiger partial charge in [-0.2, -0.15) is 0 Å². The van der Waals surface area contributed by atoms with Crippen molar-refractivity contribution in [3.63, 3.8) is 0 Å². The Morgan fingerprint density at radius 3 is 2.32 bits per heavy atom. The van der Waals surface area contributed by atoms with Crippen LogP contribution < -0.4 is 11.2 Å². The van der Waals surface area contributed by atoms with E-state index >= 15 is 0 Å². The van der Waals surface area contributed by atoms with E-state index in [0.29, 0.717) is 0 Å². The van der Waals surface area contributed by atoms with Gasteiger partial charge in [0.1, 0.15) is 5.56 Å². The molecular weight excluding hydrogens is 294 g/mol. The van der Waals surface area contributed by atoms with Crippen LogP contribution in [0.2, 0.25) is 0 Å². The molecule has 0 bridgehead atoms. The minimum absolute atomic E-state index is 0.00572. The fourth-order valence-electron chi connectivity index (χ4n) is 1.95.